The Morgan fingerprint density at radius 3 is 2.62 bits per heavy atom. The zero-order chi connectivity index (χ0) is 17.3. The summed E-state index contributed by atoms with van der Waals surface area (Å²) in [4.78, 5) is 12.3. The summed E-state index contributed by atoms with van der Waals surface area (Å²) in [7, 11) is -3.17. The van der Waals surface area contributed by atoms with E-state index in [1.165, 1.54) is 6.08 Å². The van der Waals surface area contributed by atoms with Crippen LogP contribution in [-0.2, 0) is 21.1 Å². The van der Waals surface area contributed by atoms with Gasteiger partial charge < -0.3 is 5.32 Å². The maximum atomic E-state index is 12.3. The highest BCUT2D eigenvalue weighted by atomic mass is 32.2. The molecular weight excluding hydrogens is 326 g/mol. The first-order valence-electron chi connectivity index (χ1n) is 7.66. The Hall–Kier alpha value is -2.41. The molecule has 6 nitrogen and oxygen atoms in total. The topological polar surface area (TPSA) is 81.1 Å². The Labute approximate surface area is 141 Å². The quantitative estimate of drug-likeness (QED) is 0.910. The molecule has 2 aromatic rings. The van der Waals surface area contributed by atoms with Crippen LogP contribution in [0.5, 0.6) is 0 Å². The van der Waals surface area contributed by atoms with Gasteiger partial charge in [0, 0.05) is 16.7 Å². The number of amides is 1. The number of hydrogen-bond donors (Lipinski definition) is 1. The molecule has 0 unspecified atom stereocenters. The summed E-state index contributed by atoms with van der Waals surface area (Å²) in [5.41, 5.74) is 3.50. The van der Waals surface area contributed by atoms with E-state index in [1.54, 1.807) is 0 Å². The van der Waals surface area contributed by atoms with E-state index in [9.17, 15) is 13.2 Å². The minimum Gasteiger partial charge on any atom is -0.349 e. The summed E-state index contributed by atoms with van der Waals surface area (Å²) in [6.45, 7) is 3.80. The standard InChI is InChI=1S/C17H19N3O3S/c1-12-16(10-17(21)18-14-8-9-24(22,23)11-14)13(2)20(19-12)15-6-4-3-5-7-15/h3-9,14H,10-11H2,1-2H3,(H,18,21)/t14-/m0/s1. The molecule has 1 amide bonds. The number of nitrogens with zero attached hydrogens (tertiary/aromatic N) is 2. The van der Waals surface area contributed by atoms with Crippen LogP contribution in [0, 0.1) is 13.8 Å². The van der Waals surface area contributed by atoms with Gasteiger partial charge in [-0.2, -0.15) is 5.10 Å². The van der Waals surface area contributed by atoms with Crippen LogP contribution in [0.1, 0.15) is 17.0 Å². The summed E-state index contributed by atoms with van der Waals surface area (Å²) in [5, 5.41) is 8.41. The monoisotopic (exact) mass is 345 g/mol. The number of rotatable bonds is 4. The van der Waals surface area contributed by atoms with E-state index in [0.717, 1.165) is 28.0 Å². The van der Waals surface area contributed by atoms with E-state index in [-0.39, 0.29) is 18.1 Å². The third-order valence-electron chi connectivity index (χ3n) is 4.06. The maximum absolute atomic E-state index is 12.3. The molecule has 0 radical (unpaired) electrons. The third-order valence-corrected chi connectivity index (χ3v) is 5.45. The number of hydrogen-bond acceptors (Lipinski definition) is 4. The summed E-state index contributed by atoms with van der Waals surface area (Å²) in [6.07, 6.45) is 1.69. The molecule has 0 saturated heterocycles. The SMILES string of the molecule is Cc1nn(-c2ccccc2)c(C)c1CC(=O)N[C@H]1C=CS(=O)(=O)C1. The molecule has 0 bridgehead atoms. The lowest BCUT2D eigenvalue weighted by Crippen LogP contribution is -2.36. The number of aryl methyl sites for hydroxylation is 1. The van der Waals surface area contributed by atoms with Crippen LogP contribution in [0.4, 0.5) is 0 Å². The van der Waals surface area contributed by atoms with Crippen molar-refractivity contribution in [2.24, 2.45) is 0 Å². The molecule has 7 heteroatoms. The van der Waals surface area contributed by atoms with Crippen LogP contribution >= 0.6 is 0 Å². The van der Waals surface area contributed by atoms with E-state index >= 15 is 0 Å². The zero-order valence-corrected chi connectivity index (χ0v) is 14.4. The van der Waals surface area contributed by atoms with E-state index in [2.05, 4.69) is 10.4 Å². The van der Waals surface area contributed by atoms with Crippen molar-refractivity contribution in [3.05, 3.63) is 58.8 Å². The molecule has 1 atom stereocenters. The van der Waals surface area contributed by atoms with E-state index in [0.29, 0.717) is 0 Å². The van der Waals surface area contributed by atoms with Crippen LogP contribution in [0.2, 0.25) is 0 Å². The van der Waals surface area contributed by atoms with Crippen LogP contribution in [0.25, 0.3) is 5.69 Å². The molecule has 24 heavy (non-hydrogen) atoms. The second-order valence-corrected chi connectivity index (χ2v) is 7.84. The van der Waals surface area contributed by atoms with Gasteiger partial charge in [0.25, 0.3) is 0 Å². The Bertz CT molecular complexity index is 899. The second kappa shape index (κ2) is 6.24. The zero-order valence-electron chi connectivity index (χ0n) is 13.6. The first-order chi connectivity index (χ1) is 11.4. The van der Waals surface area contributed by atoms with E-state index < -0.39 is 15.9 Å². The predicted octanol–water partition coefficient (Wildman–Crippen LogP) is 1.46. The molecule has 126 valence electrons. The summed E-state index contributed by atoms with van der Waals surface area (Å²) in [5.74, 6) is -0.277. The molecule has 1 aromatic carbocycles. The molecule has 2 heterocycles. The largest absolute Gasteiger partial charge is 0.349 e. The Morgan fingerprint density at radius 1 is 1.29 bits per heavy atom. The summed E-state index contributed by atoms with van der Waals surface area (Å²) < 4.78 is 24.6. The molecule has 1 aliphatic rings. The Morgan fingerprint density at radius 2 is 2.00 bits per heavy atom. The fourth-order valence-electron chi connectivity index (χ4n) is 2.84. The lowest BCUT2D eigenvalue weighted by Gasteiger charge is -2.10. The smallest absolute Gasteiger partial charge is 0.225 e. The number of nitrogens with one attached hydrogen (secondary N) is 1. The van der Waals surface area contributed by atoms with Crippen molar-refractivity contribution in [1.82, 2.24) is 15.1 Å². The lowest BCUT2D eigenvalue weighted by molar-refractivity contribution is -0.120. The molecule has 1 N–H and O–H groups in total. The van der Waals surface area contributed by atoms with Gasteiger partial charge in [0.15, 0.2) is 9.84 Å². The first-order valence-corrected chi connectivity index (χ1v) is 9.38. The lowest BCUT2D eigenvalue weighted by atomic mass is 10.1. The molecule has 0 saturated carbocycles. The van der Waals surface area contributed by atoms with Gasteiger partial charge in [0.05, 0.1) is 29.6 Å². The molecular formula is C17H19N3O3S. The summed E-state index contributed by atoms with van der Waals surface area (Å²) >= 11 is 0. The Balaban J connectivity index is 1.75. The number of sulfone groups is 1. The third kappa shape index (κ3) is 3.41. The fourth-order valence-corrected chi connectivity index (χ4v) is 4.07. The van der Waals surface area contributed by atoms with Gasteiger partial charge in [-0.05, 0) is 32.1 Å². The van der Waals surface area contributed by atoms with Crippen molar-refractivity contribution < 1.29 is 13.2 Å². The van der Waals surface area contributed by atoms with Gasteiger partial charge in [-0.15, -0.1) is 0 Å². The van der Waals surface area contributed by atoms with Gasteiger partial charge in [0.2, 0.25) is 5.91 Å². The highest BCUT2D eigenvalue weighted by Crippen LogP contribution is 2.18. The minimum absolute atomic E-state index is 0.0695. The molecule has 1 aromatic heterocycles. The number of para-hydroxylation sites is 1. The molecule has 0 aliphatic carbocycles. The molecule has 0 fully saturated rings. The molecule has 0 spiro atoms. The maximum Gasteiger partial charge on any atom is 0.225 e. The van der Waals surface area contributed by atoms with Crippen LogP contribution < -0.4 is 5.32 Å². The summed E-state index contributed by atoms with van der Waals surface area (Å²) in [6, 6.07) is 9.27. The average molecular weight is 345 g/mol. The van der Waals surface area contributed by atoms with E-state index in [4.69, 9.17) is 0 Å². The highest BCUT2D eigenvalue weighted by Gasteiger charge is 2.24. The van der Waals surface area contributed by atoms with Gasteiger partial charge >= 0.3 is 0 Å². The predicted molar refractivity (Wildman–Crippen MR) is 91.6 cm³/mol. The second-order valence-electron chi connectivity index (χ2n) is 5.91. The molecule has 3 rings (SSSR count). The van der Waals surface area contributed by atoms with Crippen molar-refractivity contribution in [3.8, 4) is 5.69 Å². The number of aromatic nitrogens is 2. The van der Waals surface area contributed by atoms with Crippen molar-refractivity contribution in [1.29, 1.82) is 0 Å². The van der Waals surface area contributed by atoms with Crippen molar-refractivity contribution in [3.63, 3.8) is 0 Å². The normalized spacial score (nSPS) is 18.7. The van der Waals surface area contributed by atoms with Crippen molar-refractivity contribution >= 4 is 15.7 Å². The van der Waals surface area contributed by atoms with Gasteiger partial charge in [-0.1, -0.05) is 18.2 Å². The molecule has 1 aliphatic heterocycles. The van der Waals surface area contributed by atoms with E-state index in [1.807, 2.05) is 48.9 Å². The number of benzene rings is 1. The van der Waals surface area contributed by atoms with Gasteiger partial charge in [-0.3, -0.25) is 4.79 Å². The van der Waals surface area contributed by atoms with Crippen LogP contribution in [0.3, 0.4) is 0 Å². The minimum atomic E-state index is -3.17. The van der Waals surface area contributed by atoms with Gasteiger partial charge in [0.1, 0.15) is 0 Å². The fraction of sp³-hybridized carbons (Fsp3) is 0.294. The highest BCUT2D eigenvalue weighted by molar-refractivity contribution is 7.94. The van der Waals surface area contributed by atoms with Crippen LogP contribution in [0.15, 0.2) is 41.8 Å². The first kappa shape index (κ1) is 16.4. The van der Waals surface area contributed by atoms with Crippen LogP contribution in [-0.4, -0.2) is 35.9 Å². The van der Waals surface area contributed by atoms with Crippen molar-refractivity contribution in [2.75, 3.05) is 5.75 Å². The number of carbonyl (C=O) groups excluding carboxylic acids is 1. The van der Waals surface area contributed by atoms with Gasteiger partial charge in [-0.25, -0.2) is 13.1 Å². The average Bonchev–Trinajstić information content (AvgIpc) is 3.01. The van der Waals surface area contributed by atoms with Crippen molar-refractivity contribution in [2.45, 2.75) is 26.3 Å². The number of carbonyl (C=O) groups is 1. The Kier molecular flexibility index (Phi) is 4.28.